The van der Waals surface area contributed by atoms with Crippen LogP contribution in [0, 0.1) is 0 Å². The van der Waals surface area contributed by atoms with Gasteiger partial charge in [0.25, 0.3) is 0 Å². The molecular formula is C10H9O2P. The second-order valence-corrected chi connectivity index (χ2v) is 3.50. The van der Waals surface area contributed by atoms with Crippen LogP contribution in [0.3, 0.4) is 0 Å². The number of fused-ring (bicyclic) bond motifs is 1. The molecule has 0 aliphatic rings. The SMILES string of the molecule is Oc1cc(P)c(O)c2ccccc12. The van der Waals surface area contributed by atoms with Crippen molar-refractivity contribution in [2.45, 2.75) is 0 Å². The quantitative estimate of drug-likeness (QED) is 0.493. The van der Waals surface area contributed by atoms with E-state index < -0.39 is 0 Å². The number of rotatable bonds is 0. The third-order valence-electron chi connectivity index (χ3n) is 2.02. The van der Waals surface area contributed by atoms with Gasteiger partial charge in [0, 0.05) is 16.1 Å². The normalized spacial score (nSPS) is 10.5. The Kier molecular flexibility index (Phi) is 1.86. The minimum Gasteiger partial charge on any atom is -0.507 e. The molecule has 66 valence electrons. The van der Waals surface area contributed by atoms with Gasteiger partial charge in [0.15, 0.2) is 0 Å². The molecule has 0 aliphatic carbocycles. The van der Waals surface area contributed by atoms with Gasteiger partial charge in [-0.3, -0.25) is 0 Å². The Morgan fingerprint density at radius 1 is 1.00 bits per heavy atom. The van der Waals surface area contributed by atoms with Crippen molar-refractivity contribution in [1.29, 1.82) is 0 Å². The Hall–Kier alpha value is -1.27. The summed E-state index contributed by atoms with van der Waals surface area (Å²) < 4.78 is 0. The van der Waals surface area contributed by atoms with Crippen molar-refractivity contribution in [3.05, 3.63) is 30.3 Å². The van der Waals surface area contributed by atoms with Gasteiger partial charge in [-0.1, -0.05) is 24.3 Å². The van der Waals surface area contributed by atoms with E-state index in [0.717, 1.165) is 0 Å². The molecule has 2 nitrogen and oxygen atoms in total. The topological polar surface area (TPSA) is 40.5 Å². The first-order valence-electron chi connectivity index (χ1n) is 3.89. The fourth-order valence-corrected chi connectivity index (χ4v) is 1.68. The minimum atomic E-state index is 0.193. The monoisotopic (exact) mass is 192 g/mol. The van der Waals surface area contributed by atoms with Crippen LogP contribution in [0.4, 0.5) is 0 Å². The first-order valence-corrected chi connectivity index (χ1v) is 4.47. The van der Waals surface area contributed by atoms with Crippen LogP contribution in [-0.4, -0.2) is 10.2 Å². The molecule has 0 fully saturated rings. The third kappa shape index (κ3) is 1.24. The predicted molar refractivity (Wildman–Crippen MR) is 56.6 cm³/mol. The molecule has 0 amide bonds. The molecule has 2 N–H and O–H groups in total. The fourth-order valence-electron chi connectivity index (χ4n) is 1.36. The van der Waals surface area contributed by atoms with Gasteiger partial charge in [0.1, 0.15) is 11.5 Å². The van der Waals surface area contributed by atoms with Crippen LogP contribution < -0.4 is 5.30 Å². The number of hydrogen-bond acceptors (Lipinski definition) is 2. The zero-order valence-electron chi connectivity index (χ0n) is 6.86. The summed E-state index contributed by atoms with van der Waals surface area (Å²) in [7, 11) is 2.38. The van der Waals surface area contributed by atoms with E-state index in [1.165, 1.54) is 6.07 Å². The average molecular weight is 192 g/mol. The van der Waals surface area contributed by atoms with E-state index in [-0.39, 0.29) is 11.5 Å². The molecule has 0 bridgehead atoms. The summed E-state index contributed by atoms with van der Waals surface area (Å²) in [4.78, 5) is 0. The van der Waals surface area contributed by atoms with E-state index in [4.69, 9.17) is 0 Å². The Bertz CT molecular complexity index is 466. The molecule has 0 radical (unpaired) electrons. The van der Waals surface area contributed by atoms with Crippen molar-refractivity contribution in [3.8, 4) is 11.5 Å². The van der Waals surface area contributed by atoms with Gasteiger partial charge in [0.05, 0.1) is 0 Å². The highest BCUT2D eigenvalue weighted by Gasteiger charge is 2.06. The number of phenolic OH excluding ortho intramolecular Hbond substituents is 2. The van der Waals surface area contributed by atoms with Gasteiger partial charge in [0.2, 0.25) is 0 Å². The molecule has 2 aromatic carbocycles. The van der Waals surface area contributed by atoms with Gasteiger partial charge in [-0.25, -0.2) is 0 Å². The van der Waals surface area contributed by atoms with Crippen molar-refractivity contribution < 1.29 is 10.2 Å². The van der Waals surface area contributed by atoms with E-state index in [9.17, 15) is 10.2 Å². The lowest BCUT2D eigenvalue weighted by Gasteiger charge is -2.05. The predicted octanol–water partition coefficient (Wildman–Crippen LogP) is 1.75. The molecule has 2 aromatic rings. The number of hydrogen-bond donors (Lipinski definition) is 2. The number of benzene rings is 2. The van der Waals surface area contributed by atoms with Crippen molar-refractivity contribution in [1.82, 2.24) is 0 Å². The van der Waals surface area contributed by atoms with E-state index in [1.807, 2.05) is 12.1 Å². The van der Waals surface area contributed by atoms with Crippen LogP contribution in [0.15, 0.2) is 30.3 Å². The van der Waals surface area contributed by atoms with Crippen LogP contribution in [0.2, 0.25) is 0 Å². The highest BCUT2D eigenvalue weighted by Crippen LogP contribution is 2.30. The van der Waals surface area contributed by atoms with Crippen LogP contribution in [0.5, 0.6) is 11.5 Å². The molecule has 3 heteroatoms. The van der Waals surface area contributed by atoms with Crippen LogP contribution >= 0.6 is 9.24 Å². The third-order valence-corrected chi connectivity index (χ3v) is 2.46. The molecule has 0 aromatic heterocycles. The van der Waals surface area contributed by atoms with Crippen molar-refractivity contribution >= 4 is 25.3 Å². The molecule has 13 heavy (non-hydrogen) atoms. The summed E-state index contributed by atoms with van der Waals surface area (Å²) in [5.41, 5.74) is 0. The number of aromatic hydroxyl groups is 2. The van der Waals surface area contributed by atoms with Gasteiger partial charge in [-0.05, 0) is 6.07 Å². The summed E-state index contributed by atoms with van der Waals surface area (Å²) in [5.74, 6) is 0.400. The zero-order valence-corrected chi connectivity index (χ0v) is 8.01. The average Bonchev–Trinajstić information content (AvgIpc) is 2.15. The Morgan fingerprint density at radius 2 is 1.62 bits per heavy atom. The maximum absolute atomic E-state index is 9.65. The first-order chi connectivity index (χ1) is 6.20. The lowest BCUT2D eigenvalue weighted by atomic mass is 10.1. The second kappa shape index (κ2) is 2.90. The Labute approximate surface area is 78.0 Å². The molecule has 1 atom stereocenters. The van der Waals surface area contributed by atoms with E-state index in [1.54, 1.807) is 12.1 Å². The molecular weight excluding hydrogens is 183 g/mol. The maximum Gasteiger partial charge on any atom is 0.130 e. The maximum atomic E-state index is 9.65. The lowest BCUT2D eigenvalue weighted by Crippen LogP contribution is -1.91. The van der Waals surface area contributed by atoms with Gasteiger partial charge >= 0.3 is 0 Å². The van der Waals surface area contributed by atoms with E-state index in [2.05, 4.69) is 9.24 Å². The minimum absolute atomic E-state index is 0.193. The molecule has 0 saturated heterocycles. The van der Waals surface area contributed by atoms with Gasteiger partial charge in [-0.2, -0.15) is 0 Å². The fraction of sp³-hybridized carbons (Fsp3) is 0. The first kappa shape index (κ1) is 8.33. The molecule has 0 aliphatic heterocycles. The van der Waals surface area contributed by atoms with E-state index in [0.29, 0.717) is 16.1 Å². The molecule has 2 rings (SSSR count). The summed E-state index contributed by atoms with van der Waals surface area (Å²) in [5, 5.41) is 21.2. The molecule has 0 saturated carbocycles. The largest absolute Gasteiger partial charge is 0.507 e. The lowest BCUT2D eigenvalue weighted by molar-refractivity contribution is 0.473. The summed E-state index contributed by atoms with van der Waals surface area (Å²) >= 11 is 0. The number of phenols is 2. The highest BCUT2D eigenvalue weighted by molar-refractivity contribution is 7.27. The van der Waals surface area contributed by atoms with Gasteiger partial charge < -0.3 is 10.2 Å². The van der Waals surface area contributed by atoms with Crippen LogP contribution in [-0.2, 0) is 0 Å². The van der Waals surface area contributed by atoms with Crippen molar-refractivity contribution in [2.75, 3.05) is 0 Å². The standard InChI is InChI=1S/C10H9O2P/c11-8-5-9(13)10(12)7-4-2-1-3-6(7)8/h1-5,11-12H,13H2. The Balaban J connectivity index is 2.97. The second-order valence-electron chi connectivity index (χ2n) is 2.88. The molecule has 0 spiro atoms. The summed E-state index contributed by atoms with van der Waals surface area (Å²) in [6.07, 6.45) is 0. The van der Waals surface area contributed by atoms with E-state index >= 15 is 0 Å². The zero-order chi connectivity index (χ0) is 9.42. The summed E-state index contributed by atoms with van der Waals surface area (Å²) in [6.45, 7) is 0. The Morgan fingerprint density at radius 3 is 2.31 bits per heavy atom. The van der Waals surface area contributed by atoms with Crippen molar-refractivity contribution in [3.63, 3.8) is 0 Å². The highest BCUT2D eigenvalue weighted by atomic mass is 31.0. The van der Waals surface area contributed by atoms with Crippen LogP contribution in [0.1, 0.15) is 0 Å². The van der Waals surface area contributed by atoms with Gasteiger partial charge in [-0.15, -0.1) is 9.24 Å². The molecule has 1 unspecified atom stereocenters. The molecule has 0 heterocycles. The van der Waals surface area contributed by atoms with Crippen molar-refractivity contribution in [2.24, 2.45) is 0 Å². The summed E-state index contributed by atoms with van der Waals surface area (Å²) in [6, 6.07) is 8.73. The smallest absolute Gasteiger partial charge is 0.130 e. The van der Waals surface area contributed by atoms with Crippen LogP contribution in [0.25, 0.3) is 10.8 Å².